The van der Waals surface area contributed by atoms with Crippen LogP contribution in [0.1, 0.15) is 26.3 Å². The maximum atomic E-state index is 10.6. The normalized spacial score (nSPS) is 8.31. The van der Waals surface area contributed by atoms with Gasteiger partial charge in [0.25, 0.3) is 0 Å². The summed E-state index contributed by atoms with van der Waals surface area (Å²) in [6.07, 6.45) is 1.65. The summed E-state index contributed by atoms with van der Waals surface area (Å²) in [5.74, 6) is 0.548. The summed E-state index contributed by atoms with van der Waals surface area (Å²) >= 11 is 0. The zero-order chi connectivity index (χ0) is 10.3. The molecule has 3 nitrogen and oxygen atoms in total. The van der Waals surface area contributed by atoms with Crippen molar-refractivity contribution in [2.75, 3.05) is 5.32 Å². The minimum Gasteiger partial charge on any atom is -0.311 e. The monoisotopic (exact) mass is 180 g/mol. The molecule has 0 saturated carbocycles. The van der Waals surface area contributed by atoms with Gasteiger partial charge in [0.05, 0.1) is 0 Å². The fourth-order valence-electron chi connectivity index (χ4n) is 0.783. The molecule has 0 spiro atoms. The Hall–Kier alpha value is -1.38. The Morgan fingerprint density at radius 1 is 1.46 bits per heavy atom. The predicted molar refractivity (Wildman–Crippen MR) is 54.6 cm³/mol. The number of anilines is 1. The predicted octanol–water partition coefficient (Wildman–Crippen LogP) is 2.37. The minimum absolute atomic E-state index is 0.0909. The Bertz CT molecular complexity index is 271. The summed E-state index contributed by atoms with van der Waals surface area (Å²) in [4.78, 5) is 14.6. The molecule has 1 aromatic rings. The first-order chi connectivity index (χ1) is 6.20. The summed E-state index contributed by atoms with van der Waals surface area (Å²) in [6.45, 7) is 7.37. The van der Waals surface area contributed by atoms with Gasteiger partial charge in [-0.3, -0.25) is 4.79 Å². The maximum absolute atomic E-state index is 10.6. The molecule has 1 aromatic heterocycles. The van der Waals surface area contributed by atoms with Crippen molar-refractivity contribution in [1.29, 1.82) is 0 Å². The van der Waals surface area contributed by atoms with Gasteiger partial charge in [0.1, 0.15) is 5.82 Å². The molecule has 0 radical (unpaired) electrons. The molecule has 0 fully saturated rings. The molecule has 0 unspecified atom stereocenters. The molecule has 0 atom stereocenters. The molecule has 0 aliphatic heterocycles. The van der Waals surface area contributed by atoms with Gasteiger partial charge in [-0.15, -0.1) is 0 Å². The van der Waals surface area contributed by atoms with Gasteiger partial charge in [0.15, 0.2) is 0 Å². The van der Waals surface area contributed by atoms with E-state index in [4.69, 9.17) is 0 Å². The van der Waals surface area contributed by atoms with Crippen molar-refractivity contribution >= 4 is 11.7 Å². The number of rotatable bonds is 1. The molecule has 0 saturated heterocycles. The Kier molecular flexibility index (Phi) is 5.52. The number of carbonyl (C=O) groups is 1. The molecular formula is C10H16N2O. The van der Waals surface area contributed by atoms with E-state index in [1.165, 1.54) is 6.92 Å². The summed E-state index contributed by atoms with van der Waals surface area (Å²) in [5, 5.41) is 2.62. The van der Waals surface area contributed by atoms with Crippen LogP contribution in [-0.2, 0) is 4.79 Å². The van der Waals surface area contributed by atoms with Crippen LogP contribution in [0.15, 0.2) is 18.3 Å². The van der Waals surface area contributed by atoms with Crippen molar-refractivity contribution in [2.24, 2.45) is 0 Å². The first kappa shape index (κ1) is 11.6. The number of hydrogen-bond donors (Lipinski definition) is 1. The highest BCUT2D eigenvalue weighted by molar-refractivity contribution is 5.88. The van der Waals surface area contributed by atoms with Crippen LogP contribution in [-0.4, -0.2) is 10.9 Å². The highest BCUT2D eigenvalue weighted by Crippen LogP contribution is 2.07. The van der Waals surface area contributed by atoms with Gasteiger partial charge in [-0.05, 0) is 18.6 Å². The van der Waals surface area contributed by atoms with E-state index in [0.29, 0.717) is 5.82 Å². The van der Waals surface area contributed by atoms with E-state index in [1.807, 2.05) is 32.9 Å². The fraction of sp³-hybridized carbons (Fsp3) is 0.400. The standard InChI is InChI=1S/C8H10N2O.C2H6/c1-6-4-3-5-9-8(6)10-7(2)11;1-2/h3-5H,1-2H3,(H,9,10,11);1-2H3. The zero-order valence-electron chi connectivity index (χ0n) is 8.59. The SMILES string of the molecule is CC.CC(=O)Nc1ncccc1C. The average molecular weight is 180 g/mol. The van der Waals surface area contributed by atoms with Crippen molar-refractivity contribution < 1.29 is 4.79 Å². The molecule has 0 aliphatic rings. The summed E-state index contributed by atoms with van der Waals surface area (Å²) in [7, 11) is 0. The topological polar surface area (TPSA) is 42.0 Å². The van der Waals surface area contributed by atoms with Crippen molar-refractivity contribution in [3.05, 3.63) is 23.9 Å². The van der Waals surface area contributed by atoms with Gasteiger partial charge < -0.3 is 5.32 Å². The van der Waals surface area contributed by atoms with E-state index in [2.05, 4.69) is 10.3 Å². The van der Waals surface area contributed by atoms with Crippen LogP contribution in [0.2, 0.25) is 0 Å². The van der Waals surface area contributed by atoms with Crippen LogP contribution >= 0.6 is 0 Å². The van der Waals surface area contributed by atoms with E-state index >= 15 is 0 Å². The largest absolute Gasteiger partial charge is 0.311 e. The smallest absolute Gasteiger partial charge is 0.222 e. The number of nitrogens with zero attached hydrogens (tertiary/aromatic N) is 1. The van der Waals surface area contributed by atoms with Crippen LogP contribution in [0.25, 0.3) is 0 Å². The number of pyridine rings is 1. The third-order valence-electron chi connectivity index (χ3n) is 1.30. The summed E-state index contributed by atoms with van der Waals surface area (Å²) in [5.41, 5.74) is 0.975. The van der Waals surface area contributed by atoms with Gasteiger partial charge >= 0.3 is 0 Å². The maximum Gasteiger partial charge on any atom is 0.222 e. The van der Waals surface area contributed by atoms with Crippen molar-refractivity contribution in [2.45, 2.75) is 27.7 Å². The van der Waals surface area contributed by atoms with Crippen LogP contribution in [0.4, 0.5) is 5.82 Å². The molecule has 0 aromatic carbocycles. The highest BCUT2D eigenvalue weighted by Gasteiger charge is 1.98. The fourth-order valence-corrected chi connectivity index (χ4v) is 0.783. The number of hydrogen-bond acceptors (Lipinski definition) is 2. The molecule has 1 amide bonds. The lowest BCUT2D eigenvalue weighted by molar-refractivity contribution is -0.114. The Morgan fingerprint density at radius 2 is 2.08 bits per heavy atom. The first-order valence-electron chi connectivity index (χ1n) is 4.39. The molecule has 1 N–H and O–H groups in total. The Balaban J connectivity index is 0.000000671. The zero-order valence-corrected chi connectivity index (χ0v) is 8.59. The molecule has 0 aliphatic carbocycles. The van der Waals surface area contributed by atoms with Crippen LogP contribution in [0, 0.1) is 6.92 Å². The molecule has 3 heteroatoms. The third kappa shape index (κ3) is 4.25. The molecule has 1 heterocycles. The van der Waals surface area contributed by atoms with Gasteiger partial charge in [-0.1, -0.05) is 19.9 Å². The number of amides is 1. The van der Waals surface area contributed by atoms with Crippen LogP contribution in [0.3, 0.4) is 0 Å². The number of carbonyl (C=O) groups excluding carboxylic acids is 1. The lowest BCUT2D eigenvalue weighted by atomic mass is 10.3. The Morgan fingerprint density at radius 3 is 2.54 bits per heavy atom. The third-order valence-corrected chi connectivity index (χ3v) is 1.30. The van der Waals surface area contributed by atoms with E-state index < -0.39 is 0 Å². The van der Waals surface area contributed by atoms with E-state index in [0.717, 1.165) is 5.56 Å². The second-order valence-electron chi connectivity index (χ2n) is 2.35. The number of nitrogens with one attached hydrogen (secondary N) is 1. The molecular weight excluding hydrogens is 164 g/mol. The molecule has 13 heavy (non-hydrogen) atoms. The van der Waals surface area contributed by atoms with Crippen molar-refractivity contribution in [1.82, 2.24) is 4.98 Å². The second-order valence-corrected chi connectivity index (χ2v) is 2.35. The second kappa shape index (κ2) is 6.17. The van der Waals surface area contributed by atoms with Crippen molar-refractivity contribution in [3.63, 3.8) is 0 Å². The lowest BCUT2D eigenvalue weighted by Gasteiger charge is -2.02. The van der Waals surface area contributed by atoms with Crippen LogP contribution < -0.4 is 5.32 Å². The van der Waals surface area contributed by atoms with Gasteiger partial charge in [0.2, 0.25) is 5.91 Å². The quantitative estimate of drug-likeness (QED) is 0.721. The minimum atomic E-state index is -0.0909. The summed E-state index contributed by atoms with van der Waals surface area (Å²) in [6, 6.07) is 3.74. The molecule has 72 valence electrons. The number of aryl methyl sites for hydroxylation is 1. The Labute approximate surface area is 79.2 Å². The highest BCUT2D eigenvalue weighted by atomic mass is 16.1. The first-order valence-corrected chi connectivity index (χ1v) is 4.39. The van der Waals surface area contributed by atoms with Crippen LogP contribution in [0.5, 0.6) is 0 Å². The van der Waals surface area contributed by atoms with Gasteiger partial charge in [-0.2, -0.15) is 0 Å². The average Bonchev–Trinajstić information content (AvgIpc) is 2.12. The van der Waals surface area contributed by atoms with E-state index in [9.17, 15) is 4.79 Å². The summed E-state index contributed by atoms with van der Waals surface area (Å²) < 4.78 is 0. The van der Waals surface area contributed by atoms with E-state index in [1.54, 1.807) is 6.20 Å². The van der Waals surface area contributed by atoms with E-state index in [-0.39, 0.29) is 5.91 Å². The molecule has 1 rings (SSSR count). The van der Waals surface area contributed by atoms with Gasteiger partial charge in [-0.25, -0.2) is 4.98 Å². The molecule has 0 bridgehead atoms. The number of aromatic nitrogens is 1. The lowest BCUT2D eigenvalue weighted by Crippen LogP contribution is -2.08. The van der Waals surface area contributed by atoms with Crippen molar-refractivity contribution in [3.8, 4) is 0 Å². The van der Waals surface area contributed by atoms with Gasteiger partial charge in [0, 0.05) is 13.1 Å².